The fourth-order valence-electron chi connectivity index (χ4n) is 11.0. The first kappa shape index (κ1) is 34.2. The lowest BCUT2D eigenvalue weighted by molar-refractivity contribution is 0.362. The minimum Gasteiger partial charge on any atom is -0.331 e. The quantitative estimate of drug-likeness (QED) is 0.146. The predicted molar refractivity (Wildman–Crippen MR) is 240 cm³/mol. The Morgan fingerprint density at radius 3 is 1.51 bits per heavy atom. The highest BCUT2D eigenvalue weighted by molar-refractivity contribution is 5.92. The molecule has 0 aromatic heterocycles. The average Bonchev–Trinajstić information content (AvgIpc) is 3.80. The summed E-state index contributed by atoms with van der Waals surface area (Å²) in [6, 6.07) is 64.0. The molecule has 2 atom stereocenters. The number of benzene rings is 8. The van der Waals surface area contributed by atoms with Gasteiger partial charge in [0.1, 0.15) is 0 Å². The van der Waals surface area contributed by atoms with Crippen molar-refractivity contribution in [2.75, 3.05) is 9.80 Å². The summed E-state index contributed by atoms with van der Waals surface area (Å²) in [7, 11) is 0. The SMILES string of the molecule is CCCC1(N(c2ccccc2)c2ccc3ccccc3c2)c2cc3c(cc21)C(C)(C)c1cc2c(cc1-3)CC2(CC)N(c1ccccc1)c1ccc2ccccc2c1. The lowest BCUT2D eigenvalue weighted by Crippen LogP contribution is -2.51. The summed E-state index contributed by atoms with van der Waals surface area (Å²) in [5.74, 6) is 0. The van der Waals surface area contributed by atoms with E-state index in [9.17, 15) is 0 Å². The van der Waals surface area contributed by atoms with E-state index in [0.29, 0.717) is 0 Å². The molecule has 0 fully saturated rings. The molecule has 8 aromatic rings. The van der Waals surface area contributed by atoms with E-state index in [-0.39, 0.29) is 16.5 Å². The Hall–Kier alpha value is -6.12. The molecule has 3 aliphatic carbocycles. The maximum atomic E-state index is 2.65. The van der Waals surface area contributed by atoms with Gasteiger partial charge in [0.15, 0.2) is 0 Å². The first-order valence-corrected chi connectivity index (χ1v) is 20.9. The van der Waals surface area contributed by atoms with Crippen molar-refractivity contribution in [2.24, 2.45) is 0 Å². The van der Waals surface area contributed by atoms with E-state index in [4.69, 9.17) is 0 Å². The minimum absolute atomic E-state index is 0.134. The van der Waals surface area contributed by atoms with Gasteiger partial charge in [0.05, 0.1) is 11.1 Å². The summed E-state index contributed by atoms with van der Waals surface area (Å²) >= 11 is 0. The van der Waals surface area contributed by atoms with Crippen molar-refractivity contribution in [3.63, 3.8) is 0 Å². The van der Waals surface area contributed by atoms with Crippen molar-refractivity contribution in [1.29, 1.82) is 0 Å². The standard InChI is InChI=1S/C55H48N2/c1-5-29-55(57(43-23-11-8-12-24-43)45-28-26-38-18-14-16-20-40(38)31-45)51-33-47-46-32-41-36-54(6-2,48(41)34-49(46)53(3,4)50(47)35-52(51)55)56(42-21-9-7-10-22-42)44-27-25-37-17-13-15-19-39(37)30-44/h7-28,30-35H,5-6,29,36H2,1-4H3. The van der Waals surface area contributed by atoms with Gasteiger partial charge in [-0.05, 0) is 133 Å². The smallest absolute Gasteiger partial charge is 0.0962 e. The number of anilines is 4. The van der Waals surface area contributed by atoms with Crippen molar-refractivity contribution >= 4 is 44.3 Å². The molecule has 2 heteroatoms. The van der Waals surface area contributed by atoms with Crippen LogP contribution < -0.4 is 9.80 Å². The van der Waals surface area contributed by atoms with E-state index in [1.165, 1.54) is 88.8 Å². The van der Waals surface area contributed by atoms with Crippen LogP contribution in [0.5, 0.6) is 0 Å². The van der Waals surface area contributed by atoms with Crippen LogP contribution in [0.25, 0.3) is 32.7 Å². The first-order chi connectivity index (χ1) is 27.9. The van der Waals surface area contributed by atoms with E-state index in [1.54, 1.807) is 0 Å². The zero-order chi connectivity index (χ0) is 38.5. The minimum atomic E-state index is -0.188. The topological polar surface area (TPSA) is 6.48 Å². The number of para-hydroxylation sites is 2. The average molecular weight is 737 g/mol. The Balaban J connectivity index is 1.04. The molecule has 0 heterocycles. The van der Waals surface area contributed by atoms with Gasteiger partial charge in [-0.25, -0.2) is 0 Å². The summed E-state index contributed by atoms with van der Waals surface area (Å²) < 4.78 is 0. The van der Waals surface area contributed by atoms with E-state index < -0.39 is 0 Å². The molecule has 57 heavy (non-hydrogen) atoms. The highest BCUT2D eigenvalue weighted by Crippen LogP contribution is 2.64. The lowest BCUT2D eigenvalue weighted by atomic mass is 9.65. The molecule has 0 aliphatic heterocycles. The monoisotopic (exact) mass is 736 g/mol. The highest BCUT2D eigenvalue weighted by Gasteiger charge is 2.57. The molecule has 0 spiro atoms. The number of nitrogens with zero attached hydrogens (tertiary/aromatic N) is 2. The van der Waals surface area contributed by atoms with Crippen molar-refractivity contribution in [2.45, 2.75) is 69.9 Å². The second-order valence-electron chi connectivity index (χ2n) is 17.2. The summed E-state index contributed by atoms with van der Waals surface area (Å²) in [4.78, 5) is 5.29. The molecule has 278 valence electrons. The van der Waals surface area contributed by atoms with Gasteiger partial charge in [-0.3, -0.25) is 0 Å². The number of rotatable bonds is 9. The summed E-state index contributed by atoms with van der Waals surface area (Å²) in [5, 5.41) is 5.10. The van der Waals surface area contributed by atoms with Crippen LogP contribution in [-0.4, -0.2) is 0 Å². The fourth-order valence-corrected chi connectivity index (χ4v) is 11.0. The van der Waals surface area contributed by atoms with Crippen LogP contribution in [0, 0.1) is 0 Å². The molecule has 3 aliphatic rings. The third-order valence-electron chi connectivity index (χ3n) is 13.9. The molecule has 8 aromatic carbocycles. The van der Waals surface area contributed by atoms with E-state index >= 15 is 0 Å². The molecule has 0 saturated heterocycles. The fraction of sp³-hybridized carbons (Fsp3) is 0.200. The van der Waals surface area contributed by atoms with E-state index in [1.807, 2.05) is 0 Å². The van der Waals surface area contributed by atoms with Gasteiger partial charge < -0.3 is 9.80 Å². The summed E-state index contributed by atoms with van der Waals surface area (Å²) in [6.45, 7) is 9.64. The molecule has 0 saturated carbocycles. The van der Waals surface area contributed by atoms with Crippen LogP contribution in [-0.2, 0) is 22.9 Å². The third kappa shape index (κ3) is 4.83. The highest BCUT2D eigenvalue weighted by atomic mass is 15.2. The Morgan fingerprint density at radius 1 is 0.439 bits per heavy atom. The normalized spacial score (nSPS) is 19.3. The van der Waals surface area contributed by atoms with Gasteiger partial charge in [-0.1, -0.05) is 149 Å². The van der Waals surface area contributed by atoms with Crippen LogP contribution in [0.15, 0.2) is 170 Å². The maximum Gasteiger partial charge on any atom is 0.0962 e. The third-order valence-corrected chi connectivity index (χ3v) is 13.9. The second-order valence-corrected chi connectivity index (χ2v) is 17.2. The Bertz CT molecular complexity index is 2870. The van der Waals surface area contributed by atoms with E-state index in [0.717, 1.165) is 25.7 Å². The maximum absolute atomic E-state index is 2.65. The van der Waals surface area contributed by atoms with Crippen LogP contribution >= 0.6 is 0 Å². The van der Waals surface area contributed by atoms with Gasteiger partial charge >= 0.3 is 0 Å². The second kappa shape index (κ2) is 12.4. The summed E-state index contributed by atoms with van der Waals surface area (Å²) in [5.41, 5.74) is 16.2. The molecule has 2 unspecified atom stereocenters. The zero-order valence-electron chi connectivity index (χ0n) is 33.4. The van der Waals surface area contributed by atoms with E-state index in [2.05, 4.69) is 207 Å². The zero-order valence-corrected chi connectivity index (χ0v) is 33.4. The Morgan fingerprint density at radius 2 is 0.930 bits per heavy atom. The molecule has 0 N–H and O–H groups in total. The number of hydrogen-bond donors (Lipinski definition) is 0. The largest absolute Gasteiger partial charge is 0.331 e. The summed E-state index contributed by atoms with van der Waals surface area (Å²) in [6.07, 6.45) is 4.19. The van der Waals surface area contributed by atoms with Crippen molar-refractivity contribution in [3.05, 3.63) is 203 Å². The van der Waals surface area contributed by atoms with Crippen LogP contribution in [0.1, 0.15) is 80.3 Å². The molecule has 0 radical (unpaired) electrons. The molecular formula is C55H48N2. The van der Waals surface area contributed by atoms with Gasteiger partial charge in [0.25, 0.3) is 0 Å². The van der Waals surface area contributed by atoms with Crippen molar-refractivity contribution in [3.8, 4) is 11.1 Å². The molecule has 2 nitrogen and oxygen atoms in total. The molecule has 11 rings (SSSR count). The number of hydrogen-bond acceptors (Lipinski definition) is 2. The van der Waals surface area contributed by atoms with Crippen LogP contribution in [0.3, 0.4) is 0 Å². The van der Waals surface area contributed by atoms with Crippen LogP contribution in [0.2, 0.25) is 0 Å². The number of fused-ring (bicyclic) bond motifs is 7. The Labute approximate surface area is 337 Å². The van der Waals surface area contributed by atoms with Crippen LogP contribution in [0.4, 0.5) is 22.7 Å². The van der Waals surface area contributed by atoms with Crippen molar-refractivity contribution in [1.82, 2.24) is 0 Å². The molecular weight excluding hydrogens is 689 g/mol. The predicted octanol–water partition coefficient (Wildman–Crippen LogP) is 14.5. The molecule has 0 amide bonds. The molecule has 0 bridgehead atoms. The van der Waals surface area contributed by atoms with Gasteiger partial charge in [0, 0.05) is 34.6 Å². The lowest BCUT2D eigenvalue weighted by Gasteiger charge is -2.53. The Kier molecular flexibility index (Phi) is 7.45. The van der Waals surface area contributed by atoms with Gasteiger partial charge in [-0.15, -0.1) is 0 Å². The first-order valence-electron chi connectivity index (χ1n) is 20.9. The van der Waals surface area contributed by atoms with Gasteiger partial charge in [0.2, 0.25) is 0 Å². The van der Waals surface area contributed by atoms with Gasteiger partial charge in [-0.2, -0.15) is 0 Å². The van der Waals surface area contributed by atoms with Crippen molar-refractivity contribution < 1.29 is 0 Å².